The summed E-state index contributed by atoms with van der Waals surface area (Å²) in [5, 5.41) is 25.5. The lowest BCUT2D eigenvalue weighted by atomic mass is 9.91. The molecule has 0 aliphatic heterocycles. The van der Waals surface area contributed by atoms with Gasteiger partial charge in [-0.25, -0.2) is 0 Å². The highest BCUT2D eigenvalue weighted by Gasteiger charge is 2.31. The summed E-state index contributed by atoms with van der Waals surface area (Å²) in [6.45, 7) is 11.2. The van der Waals surface area contributed by atoms with Gasteiger partial charge in [-0.1, -0.05) is 221 Å². The predicted octanol–water partition coefficient (Wildman–Crippen LogP) is 39.5. The second-order valence-electron chi connectivity index (χ2n) is 39.3. The molecule has 0 amide bonds. The van der Waals surface area contributed by atoms with Crippen molar-refractivity contribution in [1.82, 2.24) is 0 Å². The van der Waals surface area contributed by atoms with Crippen LogP contribution >= 0.6 is 0 Å². The number of aryl methyl sites for hydroxylation is 2. The Labute approximate surface area is 823 Å². The van der Waals surface area contributed by atoms with Crippen LogP contribution in [0.4, 0.5) is 68.2 Å². The third-order valence-corrected chi connectivity index (χ3v) is 30.4. The smallest absolute Gasteiger partial charge is 0.159 e. The van der Waals surface area contributed by atoms with Crippen molar-refractivity contribution < 1.29 is 35.3 Å². The van der Waals surface area contributed by atoms with Gasteiger partial charge < -0.3 is 54.9 Å². The van der Waals surface area contributed by atoms with Crippen LogP contribution < -0.4 is 19.6 Å². The molecule has 682 valence electrons. The highest BCUT2D eigenvalue weighted by Crippen LogP contribution is 2.54. The van der Waals surface area contributed by atoms with E-state index in [0.29, 0.717) is 5.92 Å². The van der Waals surface area contributed by atoms with Crippen LogP contribution in [0.1, 0.15) is 60.4 Å². The van der Waals surface area contributed by atoms with Crippen molar-refractivity contribution in [3.05, 3.63) is 434 Å². The van der Waals surface area contributed by atoms with E-state index in [1.54, 1.807) is 0 Å². The van der Waals surface area contributed by atoms with E-state index in [2.05, 4.69) is 430 Å². The molecule has 0 bridgehead atoms. The van der Waals surface area contributed by atoms with Crippen molar-refractivity contribution >= 4 is 287 Å². The highest BCUT2D eigenvalue weighted by molar-refractivity contribution is 6.23. The second kappa shape index (κ2) is 31.2. The number of benzene rings is 22. The SMILES string of the molecule is Cc1ccccc1N(c1ccc2cc3c(cc2c1)oc1cc2oc4cc5cc(N(c6ccccc6C)c6ccc(CC(C)c7ccc(N(c8ccc9cc%10c(cc9c8)oc8cc9oc%11cc%12cc(N(c%13ccc(C(C)C)cc%13)c%13cccc%14c%13oc%13ccccc%13%14)ccc%12cc%11c9cc8%10)c8cccc9c8oc8ccccc89)cc7)c7c6oc6ccccc67)ccc5cc4c2cc13)c1cccc2c1oc1ccccc12. The Balaban J connectivity index is 0.467. The van der Waals surface area contributed by atoms with Crippen LogP contribution in [0, 0.1) is 13.8 Å². The minimum absolute atomic E-state index is 0.0911. The molecule has 144 heavy (non-hydrogen) atoms. The topological polar surface area (TPSA) is 118 Å². The summed E-state index contributed by atoms with van der Waals surface area (Å²) >= 11 is 0. The zero-order valence-electron chi connectivity index (χ0n) is 79.1. The number of furan rings is 8. The normalized spacial score (nSPS) is 12.5. The molecule has 0 N–H and O–H groups in total. The summed E-state index contributed by atoms with van der Waals surface area (Å²) in [5.74, 6) is 0.489. The van der Waals surface area contributed by atoms with Gasteiger partial charge in [0.05, 0.1) is 22.7 Å². The number of hydrogen-bond donors (Lipinski definition) is 0. The standard InChI is InChI=1S/C132H86N4O8/c1-74(2)78-39-48-89(49-40-78)133(112-32-18-27-98-95-23-8-14-35-116(95)141-129(98)112)91-52-43-80-62-102-106-70-107-103-63-81-44-53-92(59-86(81)67-121(103)138-125(107)72-124(106)137-120(102)66-85(80)58-91)134(113-33-19-28-99-96-24-9-15-36-117(96)142-130(99)113)90-50-41-79(42-51-90)77(5)57-84-47-56-115(132-128(84)101-26-11-17-38-119(101)144-132)136(111-31-13-7-22-76(111)4)94-55-46-83-65-105-109-71-108-104-64-82-45-54-93(60-87(82)68-122(104)139-126(108)73-127(109)140-123(105)69-88(83)61-94)135(110-30-12-6-21-75(110)3)114-34-20-29-100-97-25-10-16-37-118(97)143-131(100)114/h6-56,58-74,77H,57H2,1-5H3. The van der Waals surface area contributed by atoms with Gasteiger partial charge in [0.25, 0.3) is 0 Å². The van der Waals surface area contributed by atoms with Crippen molar-refractivity contribution in [2.45, 2.75) is 52.9 Å². The molecule has 12 heteroatoms. The van der Waals surface area contributed by atoms with Gasteiger partial charge in [0.1, 0.15) is 67.0 Å². The van der Waals surface area contributed by atoms with Gasteiger partial charge in [-0.05, 0) is 297 Å². The monoisotopic (exact) mass is 1850 g/mol. The van der Waals surface area contributed by atoms with Crippen molar-refractivity contribution in [3.63, 3.8) is 0 Å². The molecule has 0 aliphatic carbocycles. The molecule has 1 atom stereocenters. The largest absolute Gasteiger partial charge is 0.456 e. The Morgan fingerprint density at radius 1 is 0.188 bits per heavy atom. The molecule has 22 aromatic carbocycles. The first-order chi connectivity index (χ1) is 70.8. The summed E-state index contributed by atoms with van der Waals surface area (Å²) in [7, 11) is 0. The summed E-state index contributed by atoms with van der Waals surface area (Å²) in [4.78, 5) is 9.35. The van der Waals surface area contributed by atoms with E-state index in [-0.39, 0.29) is 5.92 Å². The molecule has 1 unspecified atom stereocenters. The Bertz CT molecular complexity index is 10700. The number of hydrogen-bond acceptors (Lipinski definition) is 12. The van der Waals surface area contributed by atoms with Gasteiger partial charge in [-0.3, -0.25) is 0 Å². The summed E-state index contributed by atoms with van der Waals surface area (Å²) in [5.41, 5.74) is 30.9. The third-order valence-electron chi connectivity index (χ3n) is 30.4. The molecule has 0 fully saturated rings. The minimum Gasteiger partial charge on any atom is -0.456 e. The van der Waals surface area contributed by atoms with E-state index in [9.17, 15) is 0 Å². The van der Waals surface area contributed by atoms with Gasteiger partial charge in [-0.2, -0.15) is 0 Å². The molecule has 8 aromatic heterocycles. The first-order valence-electron chi connectivity index (χ1n) is 49.4. The maximum atomic E-state index is 7.22. The second-order valence-corrected chi connectivity index (χ2v) is 39.3. The number of nitrogens with zero attached hydrogens (tertiary/aromatic N) is 4. The zero-order valence-corrected chi connectivity index (χ0v) is 79.1. The molecular weight excluding hydrogens is 1770 g/mol. The van der Waals surface area contributed by atoms with Crippen LogP contribution in [0.15, 0.2) is 442 Å². The fraction of sp³-hybridized carbons (Fsp3) is 0.0606. The van der Waals surface area contributed by atoms with Gasteiger partial charge in [-0.15, -0.1) is 0 Å². The van der Waals surface area contributed by atoms with Crippen LogP contribution in [-0.2, 0) is 6.42 Å². The molecule has 0 radical (unpaired) electrons. The van der Waals surface area contributed by atoms with Crippen LogP contribution in [0.3, 0.4) is 0 Å². The Kier molecular flexibility index (Phi) is 17.7. The predicted molar refractivity (Wildman–Crippen MR) is 596 cm³/mol. The van der Waals surface area contributed by atoms with Crippen molar-refractivity contribution in [3.8, 4) is 0 Å². The highest BCUT2D eigenvalue weighted by atomic mass is 16.4. The lowest BCUT2D eigenvalue weighted by molar-refractivity contribution is 0.656. The lowest BCUT2D eigenvalue weighted by Crippen LogP contribution is -2.12. The first-order valence-corrected chi connectivity index (χ1v) is 49.4. The van der Waals surface area contributed by atoms with Gasteiger partial charge in [0.15, 0.2) is 22.3 Å². The summed E-state index contributed by atoms with van der Waals surface area (Å²) < 4.78 is 55.1. The van der Waals surface area contributed by atoms with Gasteiger partial charge in [0, 0.05) is 144 Å². The number of para-hydroxylation sites is 9. The average Bonchev–Trinajstić information content (AvgIpc) is 1.57. The van der Waals surface area contributed by atoms with E-state index in [1.807, 2.05) is 30.3 Å². The van der Waals surface area contributed by atoms with Crippen LogP contribution in [0.5, 0.6) is 0 Å². The van der Waals surface area contributed by atoms with E-state index >= 15 is 0 Å². The number of anilines is 12. The molecule has 0 spiro atoms. The Hall–Kier alpha value is -18.5. The fourth-order valence-corrected chi connectivity index (χ4v) is 23.2. The maximum absolute atomic E-state index is 7.22. The first kappa shape index (κ1) is 81.5. The lowest BCUT2D eigenvalue weighted by Gasteiger charge is -2.28. The van der Waals surface area contributed by atoms with Gasteiger partial charge in [0.2, 0.25) is 0 Å². The molecular formula is C132H86N4O8. The quantitative estimate of drug-likeness (QED) is 0.0916. The maximum Gasteiger partial charge on any atom is 0.159 e. The van der Waals surface area contributed by atoms with Crippen molar-refractivity contribution in [1.29, 1.82) is 0 Å². The van der Waals surface area contributed by atoms with Crippen LogP contribution in [0.2, 0.25) is 0 Å². The number of fused-ring (bicyclic) bond motifs is 28. The summed E-state index contributed by atoms with van der Waals surface area (Å²) in [6, 6.07) is 146. The fourth-order valence-electron chi connectivity index (χ4n) is 23.2. The van der Waals surface area contributed by atoms with Crippen LogP contribution in [-0.4, -0.2) is 0 Å². The molecule has 12 nitrogen and oxygen atoms in total. The zero-order chi connectivity index (χ0) is 95.1. The van der Waals surface area contributed by atoms with E-state index in [0.717, 1.165) is 304 Å². The van der Waals surface area contributed by atoms with Crippen LogP contribution in [0.25, 0.3) is 219 Å². The van der Waals surface area contributed by atoms with Crippen molar-refractivity contribution in [2.24, 2.45) is 0 Å². The molecule has 0 saturated carbocycles. The summed E-state index contributed by atoms with van der Waals surface area (Å²) in [6.07, 6.45) is 0.745. The molecule has 30 aromatic rings. The average molecular weight is 1860 g/mol. The van der Waals surface area contributed by atoms with E-state index < -0.39 is 0 Å². The van der Waals surface area contributed by atoms with Crippen molar-refractivity contribution in [2.75, 3.05) is 19.6 Å². The molecule has 0 saturated heterocycles. The van der Waals surface area contributed by atoms with E-state index in [4.69, 9.17) is 35.3 Å². The molecule has 8 heterocycles. The third kappa shape index (κ3) is 12.7. The Morgan fingerprint density at radius 2 is 0.479 bits per heavy atom. The molecule has 0 aliphatic rings. The Morgan fingerprint density at radius 3 is 0.861 bits per heavy atom. The molecule has 30 rings (SSSR count). The minimum atomic E-state index is 0.0911. The number of rotatable bonds is 16. The van der Waals surface area contributed by atoms with E-state index in [1.165, 1.54) is 16.7 Å². The van der Waals surface area contributed by atoms with Gasteiger partial charge >= 0.3 is 0 Å².